The van der Waals surface area contributed by atoms with E-state index < -0.39 is 18.3 Å². The molecule has 3 fully saturated rings. The predicted octanol–water partition coefficient (Wildman–Crippen LogP) is 0.862. The largest absolute Gasteiger partial charge is 0.340 e. The van der Waals surface area contributed by atoms with E-state index in [0.717, 1.165) is 25.7 Å². The summed E-state index contributed by atoms with van der Waals surface area (Å²) in [5.74, 6) is 0.305. The minimum Gasteiger partial charge on any atom is -0.340 e. The molecule has 2 saturated carbocycles. The first-order valence-corrected chi connectivity index (χ1v) is 6.77. The second-order valence-electron chi connectivity index (χ2n) is 5.94. The molecule has 18 heavy (non-hydrogen) atoms. The van der Waals surface area contributed by atoms with Crippen LogP contribution in [0, 0.1) is 11.8 Å². The number of amides is 2. The van der Waals surface area contributed by atoms with Crippen LogP contribution in [0.15, 0.2) is 0 Å². The van der Waals surface area contributed by atoms with E-state index in [1.807, 2.05) is 0 Å². The predicted molar refractivity (Wildman–Crippen MR) is 63.5 cm³/mol. The third kappa shape index (κ3) is 1.71. The summed E-state index contributed by atoms with van der Waals surface area (Å²) >= 11 is 0. The van der Waals surface area contributed by atoms with Gasteiger partial charge in [-0.05, 0) is 44.4 Å². The fraction of sp³-hybridized carbons (Fsp3) is 0.846. The zero-order valence-corrected chi connectivity index (χ0v) is 10.6. The molecule has 0 spiro atoms. The molecule has 0 aromatic heterocycles. The van der Waals surface area contributed by atoms with Crippen molar-refractivity contribution >= 4 is 11.8 Å². The van der Waals surface area contributed by atoms with Crippen LogP contribution < -0.4 is 5.32 Å². The molecule has 3 rings (SSSR count). The van der Waals surface area contributed by atoms with Gasteiger partial charge in [0.1, 0.15) is 18.3 Å². The Balaban J connectivity index is 1.88. The molecule has 1 saturated heterocycles. The lowest BCUT2D eigenvalue weighted by Gasteiger charge is -2.44. The molecule has 100 valence electrons. The number of carbonyl (C=O) groups is 2. The fourth-order valence-electron chi connectivity index (χ4n) is 3.10. The van der Waals surface area contributed by atoms with Crippen LogP contribution in [0.4, 0.5) is 4.39 Å². The number of alkyl halides is 1. The summed E-state index contributed by atoms with van der Waals surface area (Å²) in [5, 5.41) is 2.91. The molecule has 0 aromatic carbocycles. The lowest BCUT2D eigenvalue weighted by molar-refractivity contribution is -0.156. The van der Waals surface area contributed by atoms with E-state index in [2.05, 4.69) is 5.32 Å². The lowest BCUT2D eigenvalue weighted by atomic mass is 9.88. The number of nitrogens with one attached hydrogen (secondary N) is 1. The van der Waals surface area contributed by atoms with Gasteiger partial charge in [-0.3, -0.25) is 9.59 Å². The fourth-order valence-corrected chi connectivity index (χ4v) is 3.10. The summed E-state index contributed by atoms with van der Waals surface area (Å²) in [7, 11) is 0. The zero-order valence-electron chi connectivity index (χ0n) is 10.6. The Hall–Kier alpha value is -1.13. The Bertz CT molecular complexity index is 392. The maximum Gasteiger partial charge on any atom is 0.249 e. The minimum absolute atomic E-state index is 0.0513. The van der Waals surface area contributed by atoms with Crippen molar-refractivity contribution in [2.24, 2.45) is 11.8 Å². The molecule has 0 radical (unpaired) electrons. The van der Waals surface area contributed by atoms with Crippen molar-refractivity contribution in [2.75, 3.05) is 13.2 Å². The van der Waals surface area contributed by atoms with Crippen molar-refractivity contribution in [3.8, 4) is 0 Å². The average Bonchev–Trinajstić information content (AvgIpc) is 3.16. The van der Waals surface area contributed by atoms with Crippen molar-refractivity contribution in [3.63, 3.8) is 0 Å². The Morgan fingerprint density at radius 3 is 2.50 bits per heavy atom. The van der Waals surface area contributed by atoms with Gasteiger partial charge in [-0.1, -0.05) is 0 Å². The number of piperazine rings is 1. The summed E-state index contributed by atoms with van der Waals surface area (Å²) in [6.45, 7) is 1.26. The molecule has 1 aliphatic heterocycles. The molecule has 3 aliphatic rings. The Morgan fingerprint density at radius 1 is 1.33 bits per heavy atom. The van der Waals surface area contributed by atoms with Gasteiger partial charge in [0.05, 0.1) is 0 Å². The summed E-state index contributed by atoms with van der Waals surface area (Å²) < 4.78 is 12.7. The van der Waals surface area contributed by atoms with E-state index in [4.69, 9.17) is 0 Å². The first-order valence-electron chi connectivity index (χ1n) is 6.77. The monoisotopic (exact) mass is 254 g/mol. The van der Waals surface area contributed by atoms with Gasteiger partial charge in [-0.15, -0.1) is 0 Å². The average molecular weight is 254 g/mol. The third-order valence-corrected chi connectivity index (χ3v) is 4.48. The Labute approximate surface area is 106 Å². The molecule has 2 aliphatic carbocycles. The molecular weight excluding hydrogens is 235 g/mol. The highest BCUT2D eigenvalue weighted by molar-refractivity contribution is 6.00. The van der Waals surface area contributed by atoms with Crippen LogP contribution in [0.3, 0.4) is 0 Å². The number of nitrogens with zero attached hydrogens (tertiary/aromatic N) is 1. The van der Waals surface area contributed by atoms with Gasteiger partial charge >= 0.3 is 0 Å². The zero-order chi connectivity index (χ0) is 12.9. The highest BCUT2D eigenvalue weighted by Gasteiger charge is 2.57. The highest BCUT2D eigenvalue weighted by atomic mass is 19.1. The second-order valence-corrected chi connectivity index (χ2v) is 5.94. The number of rotatable bonds is 4. The van der Waals surface area contributed by atoms with E-state index >= 15 is 0 Å². The topological polar surface area (TPSA) is 49.4 Å². The molecule has 5 heteroatoms. The summed E-state index contributed by atoms with van der Waals surface area (Å²) in [6, 6.07) is -0.430. The van der Waals surface area contributed by atoms with Crippen LogP contribution in [0.5, 0.6) is 0 Å². The number of carbonyl (C=O) groups excluding carboxylic acids is 2. The molecule has 2 amide bonds. The molecule has 0 bridgehead atoms. The van der Waals surface area contributed by atoms with Gasteiger partial charge < -0.3 is 10.2 Å². The molecule has 2 atom stereocenters. The molecule has 4 nitrogen and oxygen atoms in total. The van der Waals surface area contributed by atoms with E-state index in [1.54, 1.807) is 6.92 Å². The van der Waals surface area contributed by atoms with Crippen LogP contribution in [-0.2, 0) is 9.59 Å². The maximum atomic E-state index is 12.7. The lowest BCUT2D eigenvalue weighted by Crippen LogP contribution is -2.70. The number of hydrogen-bond donors (Lipinski definition) is 1. The van der Waals surface area contributed by atoms with E-state index in [9.17, 15) is 14.0 Å². The van der Waals surface area contributed by atoms with Crippen LogP contribution in [0.25, 0.3) is 0 Å². The van der Waals surface area contributed by atoms with E-state index in [-0.39, 0.29) is 30.2 Å². The summed E-state index contributed by atoms with van der Waals surface area (Å²) in [4.78, 5) is 26.3. The van der Waals surface area contributed by atoms with Crippen molar-refractivity contribution in [1.29, 1.82) is 0 Å². The van der Waals surface area contributed by atoms with Crippen LogP contribution >= 0.6 is 0 Å². The SMILES string of the molecule is CC1(C2CC2)NC(=O)C(C2CC2)N(CCF)C1=O. The number of hydrogen-bond acceptors (Lipinski definition) is 2. The maximum absolute atomic E-state index is 12.7. The van der Waals surface area contributed by atoms with Gasteiger partial charge in [-0.25, -0.2) is 4.39 Å². The van der Waals surface area contributed by atoms with Crippen molar-refractivity contribution in [2.45, 2.75) is 44.2 Å². The minimum atomic E-state index is -0.794. The van der Waals surface area contributed by atoms with Gasteiger partial charge in [-0.2, -0.15) is 0 Å². The molecule has 1 N–H and O–H groups in total. The van der Waals surface area contributed by atoms with Crippen molar-refractivity contribution in [1.82, 2.24) is 10.2 Å². The van der Waals surface area contributed by atoms with E-state index in [0.29, 0.717) is 0 Å². The van der Waals surface area contributed by atoms with Gasteiger partial charge in [0.25, 0.3) is 0 Å². The van der Waals surface area contributed by atoms with Gasteiger partial charge in [0.2, 0.25) is 11.8 Å². The molecule has 2 unspecified atom stereocenters. The third-order valence-electron chi connectivity index (χ3n) is 4.48. The first-order chi connectivity index (χ1) is 8.58. The first kappa shape index (κ1) is 11.9. The number of halogens is 1. The van der Waals surface area contributed by atoms with Gasteiger partial charge in [0, 0.05) is 6.54 Å². The second kappa shape index (κ2) is 3.93. The van der Waals surface area contributed by atoms with E-state index in [1.165, 1.54) is 4.90 Å². The highest BCUT2D eigenvalue weighted by Crippen LogP contribution is 2.45. The van der Waals surface area contributed by atoms with Gasteiger partial charge in [0.15, 0.2) is 0 Å². The van der Waals surface area contributed by atoms with Crippen LogP contribution in [0.2, 0.25) is 0 Å². The van der Waals surface area contributed by atoms with Crippen LogP contribution in [-0.4, -0.2) is 41.5 Å². The Morgan fingerprint density at radius 2 is 2.00 bits per heavy atom. The smallest absolute Gasteiger partial charge is 0.249 e. The molecular formula is C13H19FN2O2. The van der Waals surface area contributed by atoms with Crippen molar-refractivity contribution in [3.05, 3.63) is 0 Å². The standard InChI is InChI=1S/C13H19FN2O2/c1-13(9-4-5-9)12(18)16(7-6-14)10(8-2-3-8)11(17)15-13/h8-10H,2-7H2,1H3,(H,15,17). The normalized spacial score (nSPS) is 36.8. The van der Waals surface area contributed by atoms with Crippen LogP contribution in [0.1, 0.15) is 32.6 Å². The molecule has 1 heterocycles. The summed E-state index contributed by atoms with van der Waals surface area (Å²) in [5.41, 5.74) is -0.794. The van der Waals surface area contributed by atoms with Crippen molar-refractivity contribution < 1.29 is 14.0 Å². The quantitative estimate of drug-likeness (QED) is 0.809. The molecule has 0 aromatic rings. The Kier molecular flexibility index (Phi) is 2.61. The summed E-state index contributed by atoms with van der Waals surface area (Å²) in [6.07, 6.45) is 3.88.